The predicted molar refractivity (Wildman–Crippen MR) is 121 cm³/mol. The molecule has 2 aliphatic rings. The monoisotopic (exact) mass is 459 g/mol. The Balaban J connectivity index is 1.78. The number of quaternary nitrogens is 1. The fraction of sp³-hybridized carbons (Fsp3) is 0.304. The minimum atomic E-state index is -0.333. The molecule has 160 valence electrons. The number of amidine groups is 1. The lowest BCUT2D eigenvalue weighted by molar-refractivity contribution is -0.883. The number of ether oxygens (including phenoxy) is 1. The van der Waals surface area contributed by atoms with Gasteiger partial charge < -0.3 is 9.30 Å². The third kappa shape index (κ3) is 3.04. The molecule has 5 rings (SSSR count). The number of nitrogens with zero attached hydrogens (tertiary/aromatic N) is 4. The minimum Gasteiger partial charge on any atom is -0.335 e. The van der Waals surface area contributed by atoms with Crippen LogP contribution in [-0.2, 0) is 11.8 Å². The molecular weight excluding hydrogens is 438 g/mol. The van der Waals surface area contributed by atoms with Gasteiger partial charge in [-0.2, -0.15) is 0 Å². The normalized spacial score (nSPS) is 25.1. The lowest BCUT2D eigenvalue weighted by atomic mass is 9.90. The summed E-state index contributed by atoms with van der Waals surface area (Å²) >= 11 is 13.1. The number of imidazole rings is 1. The second-order valence-electron chi connectivity index (χ2n) is 8.10. The van der Waals surface area contributed by atoms with Gasteiger partial charge in [0.2, 0.25) is 5.84 Å². The number of rotatable bonds is 4. The number of aromatic nitrogens is 2. The molecule has 1 aromatic heterocycles. The van der Waals surface area contributed by atoms with Crippen LogP contribution in [-0.4, -0.2) is 40.3 Å². The first kappa shape index (κ1) is 20.6. The van der Waals surface area contributed by atoms with E-state index in [-0.39, 0.29) is 17.8 Å². The Labute approximate surface area is 190 Å². The summed E-state index contributed by atoms with van der Waals surface area (Å²) in [6, 6.07) is 10.6. The van der Waals surface area contributed by atoms with Crippen molar-refractivity contribution < 1.29 is 13.6 Å². The Morgan fingerprint density at radius 1 is 1.23 bits per heavy atom. The Morgan fingerprint density at radius 2 is 2.03 bits per heavy atom. The second kappa shape index (κ2) is 7.71. The standard InChI is InChI=1S/C23H22Cl2FN4O/c1-29-18-9-4-8-17(26)21(18)28-23(29)22-15(14-6-3-7-16(24)20(14)25)12-19-27-10-5-11-30(19,22)13-31-2/h3-10,15,22H,11-13H2,1-2H3/q+1. The van der Waals surface area contributed by atoms with Crippen molar-refractivity contribution in [2.24, 2.45) is 12.0 Å². The van der Waals surface area contributed by atoms with Crippen molar-refractivity contribution in [1.82, 2.24) is 9.55 Å². The van der Waals surface area contributed by atoms with E-state index >= 15 is 0 Å². The zero-order valence-corrected chi connectivity index (χ0v) is 18.7. The molecular formula is C23H22Cl2FN4O+. The van der Waals surface area contributed by atoms with Crippen molar-refractivity contribution in [3.8, 4) is 0 Å². The molecule has 0 aliphatic carbocycles. The van der Waals surface area contributed by atoms with Crippen LogP contribution in [0.25, 0.3) is 11.0 Å². The summed E-state index contributed by atoms with van der Waals surface area (Å²) in [4.78, 5) is 9.53. The molecule has 2 aromatic carbocycles. The van der Waals surface area contributed by atoms with E-state index in [1.807, 2.05) is 42.1 Å². The summed E-state index contributed by atoms with van der Waals surface area (Å²) in [5.41, 5.74) is 2.06. The highest BCUT2D eigenvalue weighted by Gasteiger charge is 2.57. The average Bonchev–Trinajstić information content (AvgIpc) is 3.26. The summed E-state index contributed by atoms with van der Waals surface area (Å²) in [6.07, 6.45) is 4.57. The van der Waals surface area contributed by atoms with Crippen LogP contribution in [0, 0.1) is 5.82 Å². The van der Waals surface area contributed by atoms with Gasteiger partial charge in [-0.15, -0.1) is 0 Å². The van der Waals surface area contributed by atoms with E-state index in [4.69, 9.17) is 37.9 Å². The topological polar surface area (TPSA) is 39.4 Å². The fourth-order valence-corrected chi connectivity index (χ4v) is 5.59. The average molecular weight is 460 g/mol. The molecule has 3 aromatic rings. The van der Waals surface area contributed by atoms with Crippen LogP contribution in [0.3, 0.4) is 0 Å². The van der Waals surface area contributed by atoms with Gasteiger partial charge in [0.1, 0.15) is 12.1 Å². The zero-order chi connectivity index (χ0) is 21.8. The van der Waals surface area contributed by atoms with Gasteiger partial charge in [-0.3, -0.25) is 0 Å². The van der Waals surface area contributed by atoms with Gasteiger partial charge in [0.05, 0.1) is 27.9 Å². The quantitative estimate of drug-likeness (QED) is 0.476. The molecule has 3 heterocycles. The van der Waals surface area contributed by atoms with Crippen LogP contribution < -0.4 is 0 Å². The molecule has 0 spiro atoms. The number of aryl methyl sites for hydroxylation is 1. The van der Waals surface area contributed by atoms with Gasteiger partial charge in [0.15, 0.2) is 24.4 Å². The van der Waals surface area contributed by atoms with Gasteiger partial charge in [0, 0.05) is 20.4 Å². The van der Waals surface area contributed by atoms with Gasteiger partial charge in [-0.1, -0.05) is 41.4 Å². The SMILES string of the molecule is COC[N+]12CC=CN=C1CC(c1cccc(Cl)c1Cl)C2c1nc2c(F)cccc2n1C. The molecule has 1 saturated heterocycles. The van der Waals surface area contributed by atoms with Crippen molar-refractivity contribution in [2.45, 2.75) is 18.4 Å². The molecule has 2 aliphatic heterocycles. The van der Waals surface area contributed by atoms with Crippen molar-refractivity contribution in [3.05, 3.63) is 75.9 Å². The smallest absolute Gasteiger partial charge is 0.206 e. The summed E-state index contributed by atoms with van der Waals surface area (Å²) in [6.45, 7) is 1.13. The highest BCUT2D eigenvalue weighted by molar-refractivity contribution is 6.42. The van der Waals surface area contributed by atoms with E-state index < -0.39 is 0 Å². The summed E-state index contributed by atoms with van der Waals surface area (Å²) < 4.78 is 22.8. The van der Waals surface area contributed by atoms with Crippen molar-refractivity contribution in [3.63, 3.8) is 0 Å². The van der Waals surface area contributed by atoms with Crippen LogP contribution >= 0.6 is 23.2 Å². The predicted octanol–water partition coefficient (Wildman–Crippen LogP) is 5.59. The molecule has 1 fully saturated rings. The molecule has 0 N–H and O–H groups in total. The molecule has 5 nitrogen and oxygen atoms in total. The first-order valence-corrected chi connectivity index (χ1v) is 10.9. The van der Waals surface area contributed by atoms with E-state index in [1.54, 1.807) is 19.2 Å². The van der Waals surface area contributed by atoms with E-state index in [9.17, 15) is 4.39 Å². The van der Waals surface area contributed by atoms with E-state index in [0.29, 0.717) is 39.7 Å². The summed E-state index contributed by atoms with van der Waals surface area (Å²) in [5.74, 6) is 1.40. The minimum absolute atomic E-state index is 0.0430. The van der Waals surface area contributed by atoms with Crippen molar-refractivity contribution in [1.29, 1.82) is 0 Å². The van der Waals surface area contributed by atoms with Crippen LogP contribution in [0.2, 0.25) is 10.0 Å². The molecule has 0 radical (unpaired) electrons. The molecule has 3 atom stereocenters. The maximum atomic E-state index is 14.6. The molecule has 0 bridgehead atoms. The molecule has 3 unspecified atom stereocenters. The number of halogens is 3. The summed E-state index contributed by atoms with van der Waals surface area (Å²) in [5, 5.41) is 1.05. The lowest BCUT2D eigenvalue weighted by Crippen LogP contribution is -2.53. The third-order valence-corrected chi connectivity index (χ3v) is 7.33. The first-order chi connectivity index (χ1) is 15.0. The van der Waals surface area contributed by atoms with Crippen molar-refractivity contribution in [2.75, 3.05) is 20.4 Å². The van der Waals surface area contributed by atoms with Gasteiger partial charge in [-0.05, 0) is 29.8 Å². The summed E-state index contributed by atoms with van der Waals surface area (Å²) in [7, 11) is 3.62. The van der Waals surface area contributed by atoms with Gasteiger partial charge in [0.25, 0.3) is 0 Å². The lowest BCUT2D eigenvalue weighted by Gasteiger charge is -2.39. The zero-order valence-electron chi connectivity index (χ0n) is 17.2. The number of hydrogen-bond donors (Lipinski definition) is 0. The number of methoxy groups -OCH3 is 1. The molecule has 0 saturated carbocycles. The highest BCUT2D eigenvalue weighted by Crippen LogP contribution is 2.52. The maximum Gasteiger partial charge on any atom is 0.206 e. The van der Waals surface area contributed by atoms with Gasteiger partial charge in [-0.25, -0.2) is 18.8 Å². The Kier molecular flexibility index (Phi) is 5.13. The first-order valence-electron chi connectivity index (χ1n) is 10.1. The molecule has 8 heteroatoms. The number of para-hydroxylation sites is 1. The number of aliphatic imine (C=N–C) groups is 1. The Hall–Kier alpha value is -2.25. The number of hydrogen-bond acceptors (Lipinski definition) is 3. The number of fused-ring (bicyclic) bond motifs is 2. The van der Waals surface area contributed by atoms with Crippen molar-refractivity contribution >= 4 is 40.1 Å². The highest BCUT2D eigenvalue weighted by atomic mass is 35.5. The van der Waals surface area contributed by atoms with E-state index in [1.165, 1.54) is 6.07 Å². The van der Waals surface area contributed by atoms with Crippen LogP contribution in [0.15, 0.2) is 53.7 Å². The van der Waals surface area contributed by atoms with Crippen LogP contribution in [0.1, 0.15) is 29.8 Å². The van der Waals surface area contributed by atoms with Crippen LogP contribution in [0.4, 0.5) is 4.39 Å². The second-order valence-corrected chi connectivity index (χ2v) is 8.88. The fourth-order valence-electron chi connectivity index (χ4n) is 5.14. The van der Waals surface area contributed by atoms with E-state index in [2.05, 4.69) is 0 Å². The van der Waals surface area contributed by atoms with Gasteiger partial charge >= 0.3 is 0 Å². The Bertz CT molecular complexity index is 1240. The largest absolute Gasteiger partial charge is 0.335 e. The Morgan fingerprint density at radius 3 is 2.81 bits per heavy atom. The third-order valence-electron chi connectivity index (χ3n) is 6.49. The van der Waals surface area contributed by atoms with E-state index in [0.717, 1.165) is 22.7 Å². The maximum absolute atomic E-state index is 14.6. The molecule has 0 amide bonds. The molecule has 31 heavy (non-hydrogen) atoms. The van der Waals surface area contributed by atoms with Crippen LogP contribution in [0.5, 0.6) is 0 Å². The number of benzene rings is 2.